The van der Waals surface area contributed by atoms with E-state index in [-0.39, 0.29) is 24.0 Å². The van der Waals surface area contributed by atoms with Crippen LogP contribution in [0.4, 0.5) is 0 Å². The van der Waals surface area contributed by atoms with Crippen molar-refractivity contribution in [3.8, 4) is 0 Å². The maximum absolute atomic E-state index is 4.74. The van der Waals surface area contributed by atoms with Gasteiger partial charge in [0.25, 0.3) is 0 Å². The summed E-state index contributed by atoms with van der Waals surface area (Å²) in [5.41, 5.74) is 3.47. The van der Waals surface area contributed by atoms with Gasteiger partial charge in [-0.25, -0.2) is 4.99 Å². The Morgan fingerprint density at radius 2 is 2.08 bits per heavy atom. The number of guanidine groups is 1. The first kappa shape index (κ1) is 21.5. The Morgan fingerprint density at radius 3 is 2.64 bits per heavy atom. The third-order valence-corrected chi connectivity index (χ3v) is 3.90. The molecule has 2 aromatic rings. The maximum Gasteiger partial charge on any atom is 0.194 e. The molecule has 1 N–H and O–H groups in total. The van der Waals surface area contributed by atoms with E-state index in [1.54, 1.807) is 6.20 Å². The van der Waals surface area contributed by atoms with Crippen molar-refractivity contribution in [2.75, 3.05) is 13.6 Å². The number of hydrogen-bond donors (Lipinski definition) is 1. The molecule has 2 aromatic heterocycles. The lowest BCUT2D eigenvalue weighted by molar-refractivity contribution is 0.473. The van der Waals surface area contributed by atoms with Crippen molar-refractivity contribution in [2.45, 2.75) is 39.8 Å². The highest BCUT2D eigenvalue weighted by molar-refractivity contribution is 14.0. The molecule has 0 amide bonds. The standard InChI is InChI=1S/C17H29N7.HI/c1-7-18-17(19-10-15-8-9-20-24(15)6)22(4)11-14-12-23(5)21-16(14)13(2)3;/h8-9,12-13H,7,10-11H2,1-6H3,(H,18,19);1H. The molecular weight excluding hydrogens is 429 g/mol. The number of aliphatic imine (C=N–C) groups is 1. The van der Waals surface area contributed by atoms with Crippen LogP contribution in [0.5, 0.6) is 0 Å². The second-order valence-electron chi connectivity index (χ2n) is 6.34. The summed E-state index contributed by atoms with van der Waals surface area (Å²) in [6.45, 7) is 8.64. The minimum Gasteiger partial charge on any atom is -0.357 e. The predicted molar refractivity (Wildman–Crippen MR) is 112 cm³/mol. The van der Waals surface area contributed by atoms with Crippen LogP contribution in [0.15, 0.2) is 23.5 Å². The average Bonchev–Trinajstić information content (AvgIpc) is 3.09. The van der Waals surface area contributed by atoms with E-state index in [2.05, 4.69) is 54.4 Å². The molecule has 0 fully saturated rings. The summed E-state index contributed by atoms with van der Waals surface area (Å²) in [7, 11) is 5.96. The monoisotopic (exact) mass is 459 g/mol. The Morgan fingerprint density at radius 1 is 1.36 bits per heavy atom. The van der Waals surface area contributed by atoms with E-state index in [4.69, 9.17) is 4.99 Å². The summed E-state index contributed by atoms with van der Waals surface area (Å²) in [5, 5.41) is 12.1. The first-order valence-corrected chi connectivity index (χ1v) is 8.41. The lowest BCUT2D eigenvalue weighted by Gasteiger charge is -2.22. The molecule has 0 unspecified atom stereocenters. The van der Waals surface area contributed by atoms with Crippen molar-refractivity contribution in [1.29, 1.82) is 0 Å². The minimum absolute atomic E-state index is 0. The van der Waals surface area contributed by atoms with Crippen molar-refractivity contribution < 1.29 is 0 Å². The Kier molecular flexibility index (Phi) is 8.40. The number of halogens is 1. The van der Waals surface area contributed by atoms with Gasteiger partial charge >= 0.3 is 0 Å². The number of hydrogen-bond acceptors (Lipinski definition) is 3. The van der Waals surface area contributed by atoms with Gasteiger partial charge in [0.15, 0.2) is 5.96 Å². The van der Waals surface area contributed by atoms with E-state index in [1.807, 2.05) is 29.5 Å². The molecule has 25 heavy (non-hydrogen) atoms. The van der Waals surface area contributed by atoms with Crippen LogP contribution in [0.25, 0.3) is 0 Å². The lowest BCUT2D eigenvalue weighted by atomic mass is 10.1. The molecule has 0 saturated carbocycles. The van der Waals surface area contributed by atoms with Crippen molar-refractivity contribution in [1.82, 2.24) is 29.8 Å². The maximum atomic E-state index is 4.74. The van der Waals surface area contributed by atoms with E-state index in [9.17, 15) is 0 Å². The molecule has 8 heteroatoms. The quantitative estimate of drug-likeness (QED) is 0.410. The number of nitrogens with zero attached hydrogens (tertiary/aromatic N) is 6. The topological polar surface area (TPSA) is 63.3 Å². The molecule has 2 heterocycles. The van der Waals surface area contributed by atoms with E-state index in [0.717, 1.165) is 30.4 Å². The molecule has 0 aliphatic rings. The fourth-order valence-electron chi connectivity index (χ4n) is 2.68. The molecule has 0 saturated heterocycles. The molecule has 140 valence electrons. The zero-order valence-electron chi connectivity index (χ0n) is 16.0. The zero-order chi connectivity index (χ0) is 17.7. The minimum atomic E-state index is 0. The first-order chi connectivity index (χ1) is 11.4. The van der Waals surface area contributed by atoms with Crippen LogP contribution >= 0.6 is 24.0 Å². The molecule has 0 atom stereocenters. The van der Waals surface area contributed by atoms with E-state index >= 15 is 0 Å². The SMILES string of the molecule is CCNC(=NCc1ccnn1C)N(C)Cc1cn(C)nc1C(C)C.I. The van der Waals surface area contributed by atoms with Crippen LogP contribution < -0.4 is 5.32 Å². The van der Waals surface area contributed by atoms with E-state index in [1.165, 1.54) is 5.56 Å². The normalized spacial score (nSPS) is 11.6. The Hall–Kier alpha value is -1.58. The molecule has 0 aliphatic carbocycles. The molecular formula is C17H30IN7. The van der Waals surface area contributed by atoms with Crippen LogP contribution in [-0.2, 0) is 27.2 Å². The summed E-state index contributed by atoms with van der Waals surface area (Å²) in [6.07, 6.45) is 3.89. The van der Waals surface area contributed by atoms with Gasteiger partial charge in [0, 0.05) is 52.2 Å². The third-order valence-electron chi connectivity index (χ3n) is 3.90. The van der Waals surface area contributed by atoms with Gasteiger partial charge in [-0.15, -0.1) is 24.0 Å². The summed E-state index contributed by atoms with van der Waals surface area (Å²) < 4.78 is 3.74. The molecule has 0 aromatic carbocycles. The highest BCUT2D eigenvalue weighted by Gasteiger charge is 2.15. The van der Waals surface area contributed by atoms with Crippen molar-refractivity contribution in [2.24, 2.45) is 19.1 Å². The Labute approximate surface area is 167 Å². The van der Waals surface area contributed by atoms with Crippen LogP contribution in [0.3, 0.4) is 0 Å². The highest BCUT2D eigenvalue weighted by atomic mass is 127. The number of aryl methyl sites for hydroxylation is 2. The second kappa shape index (κ2) is 9.79. The van der Waals surface area contributed by atoms with Gasteiger partial charge in [-0.1, -0.05) is 13.8 Å². The second-order valence-corrected chi connectivity index (χ2v) is 6.34. The largest absolute Gasteiger partial charge is 0.357 e. The van der Waals surface area contributed by atoms with Gasteiger partial charge in [-0.2, -0.15) is 10.2 Å². The molecule has 0 bridgehead atoms. The summed E-state index contributed by atoms with van der Waals surface area (Å²) >= 11 is 0. The van der Waals surface area contributed by atoms with E-state index in [0.29, 0.717) is 12.5 Å². The van der Waals surface area contributed by atoms with Crippen molar-refractivity contribution in [3.63, 3.8) is 0 Å². The predicted octanol–water partition coefficient (Wildman–Crippen LogP) is 2.49. The van der Waals surface area contributed by atoms with Gasteiger partial charge in [0.2, 0.25) is 0 Å². The van der Waals surface area contributed by atoms with Gasteiger partial charge < -0.3 is 10.2 Å². The van der Waals surface area contributed by atoms with Crippen LogP contribution in [0.1, 0.15) is 43.6 Å². The summed E-state index contributed by atoms with van der Waals surface area (Å²) in [5.74, 6) is 1.29. The first-order valence-electron chi connectivity index (χ1n) is 8.41. The number of rotatable bonds is 6. The number of nitrogens with one attached hydrogen (secondary N) is 1. The highest BCUT2D eigenvalue weighted by Crippen LogP contribution is 2.18. The third kappa shape index (κ3) is 5.72. The molecule has 0 aliphatic heterocycles. The van der Waals surface area contributed by atoms with Crippen LogP contribution in [0, 0.1) is 0 Å². The van der Waals surface area contributed by atoms with Crippen molar-refractivity contribution >= 4 is 29.9 Å². The van der Waals surface area contributed by atoms with Crippen LogP contribution in [-0.4, -0.2) is 44.0 Å². The van der Waals surface area contributed by atoms with Gasteiger partial charge in [0.1, 0.15) is 0 Å². The fourth-order valence-corrected chi connectivity index (χ4v) is 2.68. The Bertz CT molecular complexity index is 687. The summed E-state index contributed by atoms with van der Waals surface area (Å²) in [6, 6.07) is 1.99. The van der Waals surface area contributed by atoms with Crippen LogP contribution in [0.2, 0.25) is 0 Å². The average molecular weight is 459 g/mol. The van der Waals surface area contributed by atoms with Gasteiger partial charge in [-0.3, -0.25) is 9.36 Å². The number of aromatic nitrogens is 4. The summed E-state index contributed by atoms with van der Waals surface area (Å²) in [4.78, 5) is 6.88. The fraction of sp³-hybridized carbons (Fsp3) is 0.588. The van der Waals surface area contributed by atoms with Gasteiger partial charge in [-0.05, 0) is 18.9 Å². The molecule has 0 radical (unpaired) electrons. The molecule has 7 nitrogen and oxygen atoms in total. The van der Waals surface area contributed by atoms with E-state index < -0.39 is 0 Å². The Balaban J connectivity index is 0.00000312. The lowest BCUT2D eigenvalue weighted by Crippen LogP contribution is -2.38. The molecule has 2 rings (SSSR count). The molecule has 0 spiro atoms. The zero-order valence-corrected chi connectivity index (χ0v) is 18.4. The van der Waals surface area contributed by atoms with Gasteiger partial charge in [0.05, 0.1) is 17.9 Å². The van der Waals surface area contributed by atoms with Crippen molar-refractivity contribution in [3.05, 3.63) is 35.4 Å². The smallest absolute Gasteiger partial charge is 0.194 e.